The van der Waals surface area contributed by atoms with Gasteiger partial charge in [-0.15, -0.1) is 16.4 Å². The molecule has 0 aliphatic rings. The SMILES string of the molecule is Cc1ncsc1CCOc1nnccc1/C(N)=N/O. The number of rotatable bonds is 5. The van der Waals surface area contributed by atoms with Gasteiger partial charge in [-0.1, -0.05) is 5.16 Å². The summed E-state index contributed by atoms with van der Waals surface area (Å²) >= 11 is 1.58. The van der Waals surface area contributed by atoms with Crippen LogP contribution in [0.15, 0.2) is 22.9 Å². The van der Waals surface area contributed by atoms with Gasteiger partial charge < -0.3 is 15.7 Å². The van der Waals surface area contributed by atoms with Gasteiger partial charge in [0.1, 0.15) is 0 Å². The lowest BCUT2D eigenvalue weighted by molar-refractivity contribution is 0.303. The number of oxime groups is 1. The average molecular weight is 279 g/mol. The molecular weight excluding hydrogens is 266 g/mol. The highest BCUT2D eigenvalue weighted by Crippen LogP contribution is 2.16. The number of nitrogens with zero attached hydrogens (tertiary/aromatic N) is 4. The van der Waals surface area contributed by atoms with Crippen LogP contribution in [-0.2, 0) is 6.42 Å². The minimum absolute atomic E-state index is 0.0566. The van der Waals surface area contributed by atoms with Crippen molar-refractivity contribution in [3.63, 3.8) is 0 Å². The molecule has 0 bridgehead atoms. The fourth-order valence-electron chi connectivity index (χ4n) is 1.48. The summed E-state index contributed by atoms with van der Waals surface area (Å²) in [7, 11) is 0. The van der Waals surface area contributed by atoms with Gasteiger partial charge in [-0.25, -0.2) is 4.98 Å². The molecule has 3 N–H and O–H groups in total. The second kappa shape index (κ2) is 6.10. The van der Waals surface area contributed by atoms with Crippen LogP contribution in [-0.4, -0.2) is 32.8 Å². The Bertz CT molecular complexity index is 584. The zero-order chi connectivity index (χ0) is 13.7. The predicted molar refractivity (Wildman–Crippen MR) is 70.6 cm³/mol. The Morgan fingerprint density at radius 2 is 2.42 bits per heavy atom. The second-order valence-corrected chi connectivity index (χ2v) is 4.63. The summed E-state index contributed by atoms with van der Waals surface area (Å²) in [4.78, 5) is 5.33. The van der Waals surface area contributed by atoms with Crippen LogP contribution in [0.2, 0.25) is 0 Å². The van der Waals surface area contributed by atoms with Crippen molar-refractivity contribution in [1.29, 1.82) is 0 Å². The Morgan fingerprint density at radius 1 is 1.58 bits per heavy atom. The van der Waals surface area contributed by atoms with E-state index in [4.69, 9.17) is 15.7 Å². The number of nitrogens with two attached hydrogens (primary N) is 1. The molecule has 0 radical (unpaired) electrons. The Balaban J connectivity index is 2.02. The number of aromatic nitrogens is 3. The highest BCUT2D eigenvalue weighted by atomic mass is 32.1. The van der Waals surface area contributed by atoms with Crippen molar-refractivity contribution in [3.8, 4) is 5.88 Å². The molecule has 2 aromatic rings. The van der Waals surface area contributed by atoms with Gasteiger partial charge in [0, 0.05) is 11.3 Å². The van der Waals surface area contributed by atoms with Crippen molar-refractivity contribution in [3.05, 3.63) is 33.9 Å². The van der Waals surface area contributed by atoms with E-state index in [0.29, 0.717) is 12.2 Å². The van der Waals surface area contributed by atoms with Gasteiger partial charge in [-0.05, 0) is 13.0 Å². The molecule has 0 aliphatic carbocycles. The van der Waals surface area contributed by atoms with Gasteiger partial charge in [0.25, 0.3) is 0 Å². The lowest BCUT2D eigenvalue weighted by Gasteiger charge is -2.07. The highest BCUT2D eigenvalue weighted by Gasteiger charge is 2.10. The van der Waals surface area contributed by atoms with Crippen LogP contribution >= 0.6 is 11.3 Å². The van der Waals surface area contributed by atoms with Crippen LogP contribution in [0, 0.1) is 6.92 Å². The number of hydrogen-bond donors (Lipinski definition) is 2. The summed E-state index contributed by atoms with van der Waals surface area (Å²) in [5.74, 6) is 0.193. The molecule has 100 valence electrons. The number of amidine groups is 1. The maximum atomic E-state index is 8.68. The molecule has 0 aliphatic heterocycles. The molecule has 2 heterocycles. The first-order chi connectivity index (χ1) is 9.22. The number of thiazole rings is 1. The fraction of sp³-hybridized carbons (Fsp3) is 0.273. The molecule has 0 fully saturated rings. The largest absolute Gasteiger partial charge is 0.476 e. The van der Waals surface area contributed by atoms with Gasteiger partial charge in [-0.2, -0.15) is 5.10 Å². The quantitative estimate of drug-likeness (QED) is 0.365. The minimum atomic E-state index is -0.0566. The van der Waals surface area contributed by atoms with Crippen molar-refractivity contribution in [2.24, 2.45) is 10.9 Å². The molecule has 0 saturated carbocycles. The van der Waals surface area contributed by atoms with Crippen molar-refractivity contribution >= 4 is 17.2 Å². The van der Waals surface area contributed by atoms with E-state index in [1.54, 1.807) is 22.9 Å². The summed E-state index contributed by atoms with van der Waals surface area (Å²) in [6.07, 6.45) is 2.18. The van der Waals surface area contributed by atoms with E-state index in [2.05, 4.69) is 20.3 Å². The normalized spacial score (nSPS) is 11.5. The zero-order valence-electron chi connectivity index (χ0n) is 10.3. The molecule has 7 nitrogen and oxygen atoms in total. The molecule has 0 atom stereocenters. The Hall–Kier alpha value is -2.22. The molecule has 0 amide bonds. The molecule has 0 spiro atoms. The smallest absolute Gasteiger partial charge is 0.244 e. The van der Waals surface area contributed by atoms with Crippen molar-refractivity contribution < 1.29 is 9.94 Å². The number of hydrogen-bond acceptors (Lipinski definition) is 7. The molecule has 0 aromatic carbocycles. The van der Waals surface area contributed by atoms with Gasteiger partial charge in [-0.3, -0.25) is 0 Å². The van der Waals surface area contributed by atoms with E-state index < -0.39 is 0 Å². The van der Waals surface area contributed by atoms with Gasteiger partial charge in [0.2, 0.25) is 5.88 Å². The second-order valence-electron chi connectivity index (χ2n) is 3.69. The van der Waals surface area contributed by atoms with E-state index in [-0.39, 0.29) is 11.7 Å². The number of aryl methyl sites for hydroxylation is 1. The first-order valence-corrected chi connectivity index (χ1v) is 6.41. The van der Waals surface area contributed by atoms with Gasteiger partial charge in [0.15, 0.2) is 5.84 Å². The van der Waals surface area contributed by atoms with Crippen LogP contribution in [0.4, 0.5) is 0 Å². The van der Waals surface area contributed by atoms with Crippen LogP contribution in [0.3, 0.4) is 0 Å². The van der Waals surface area contributed by atoms with Crippen molar-refractivity contribution in [2.75, 3.05) is 6.61 Å². The Kier molecular flexibility index (Phi) is 4.24. The van der Waals surface area contributed by atoms with Crippen molar-refractivity contribution in [2.45, 2.75) is 13.3 Å². The maximum absolute atomic E-state index is 8.68. The van der Waals surface area contributed by atoms with Crippen LogP contribution < -0.4 is 10.5 Å². The van der Waals surface area contributed by atoms with Crippen molar-refractivity contribution in [1.82, 2.24) is 15.2 Å². The first kappa shape index (κ1) is 13.2. The van der Waals surface area contributed by atoms with Crippen LogP contribution in [0.5, 0.6) is 5.88 Å². The lowest BCUT2D eigenvalue weighted by atomic mass is 10.3. The highest BCUT2D eigenvalue weighted by molar-refractivity contribution is 7.09. The standard InChI is InChI=1S/C11H13N5O2S/c1-7-9(19-6-13-7)3-5-18-11-8(10(12)16-17)2-4-14-15-11/h2,4,6,17H,3,5H2,1H3,(H2,12,16). The fourth-order valence-corrected chi connectivity index (χ4v) is 2.24. The van der Waals surface area contributed by atoms with E-state index in [9.17, 15) is 0 Å². The van der Waals surface area contributed by atoms with E-state index >= 15 is 0 Å². The maximum Gasteiger partial charge on any atom is 0.244 e. The van der Waals surface area contributed by atoms with Gasteiger partial charge in [0.05, 0.1) is 29.6 Å². The molecule has 0 unspecified atom stereocenters. The molecule has 0 saturated heterocycles. The van der Waals surface area contributed by atoms with E-state index in [1.165, 1.54) is 6.20 Å². The van der Waals surface area contributed by atoms with Crippen LogP contribution in [0.1, 0.15) is 16.1 Å². The zero-order valence-corrected chi connectivity index (χ0v) is 11.1. The average Bonchev–Trinajstić information content (AvgIpc) is 2.84. The topological polar surface area (TPSA) is 107 Å². The lowest BCUT2D eigenvalue weighted by Crippen LogP contribution is -2.16. The Morgan fingerprint density at radius 3 is 3.11 bits per heavy atom. The summed E-state index contributed by atoms with van der Waals surface area (Å²) < 4.78 is 5.52. The molecule has 8 heteroatoms. The van der Waals surface area contributed by atoms with E-state index in [0.717, 1.165) is 17.0 Å². The van der Waals surface area contributed by atoms with E-state index in [1.807, 2.05) is 6.92 Å². The third kappa shape index (κ3) is 3.16. The summed E-state index contributed by atoms with van der Waals surface area (Å²) in [5.41, 5.74) is 8.75. The first-order valence-electron chi connectivity index (χ1n) is 5.53. The minimum Gasteiger partial charge on any atom is -0.476 e. The summed E-state index contributed by atoms with van der Waals surface area (Å²) in [5, 5.41) is 19.2. The molecule has 19 heavy (non-hydrogen) atoms. The molecular formula is C11H13N5O2S. The Labute approximate surface area is 113 Å². The summed E-state index contributed by atoms with van der Waals surface area (Å²) in [6.45, 7) is 2.38. The number of ether oxygens (including phenoxy) is 1. The third-order valence-electron chi connectivity index (χ3n) is 2.48. The third-order valence-corrected chi connectivity index (χ3v) is 3.48. The molecule has 2 aromatic heterocycles. The predicted octanol–water partition coefficient (Wildman–Crippen LogP) is 0.958. The van der Waals surface area contributed by atoms with Gasteiger partial charge >= 0.3 is 0 Å². The summed E-state index contributed by atoms with van der Waals surface area (Å²) in [6, 6.07) is 1.58. The monoisotopic (exact) mass is 279 g/mol. The van der Waals surface area contributed by atoms with Crippen LogP contribution in [0.25, 0.3) is 0 Å². The molecule has 2 rings (SSSR count).